The third kappa shape index (κ3) is 3.54. The molecule has 1 aliphatic heterocycles. The topological polar surface area (TPSA) is 68.2 Å². The molecule has 9 heteroatoms. The number of benzene rings is 2. The van der Waals surface area contributed by atoms with Crippen LogP contribution in [0.25, 0.3) is 0 Å². The number of rotatable bonds is 6. The largest absolute Gasteiger partial charge is 0.493 e. The van der Waals surface area contributed by atoms with Crippen molar-refractivity contribution in [3.63, 3.8) is 0 Å². The maximum absolute atomic E-state index is 13.1. The van der Waals surface area contributed by atoms with Crippen LogP contribution in [-0.2, 0) is 16.2 Å². The quantitative estimate of drug-likeness (QED) is 0.245. The molecule has 2 aromatic rings. The Labute approximate surface area is 221 Å². The van der Waals surface area contributed by atoms with E-state index in [-0.39, 0.29) is 47.5 Å². The van der Waals surface area contributed by atoms with Gasteiger partial charge in [0.15, 0.2) is 11.5 Å². The Bertz CT molecular complexity index is 1290. The van der Waals surface area contributed by atoms with Gasteiger partial charge in [-0.3, -0.25) is 9.59 Å². The number of amides is 2. The van der Waals surface area contributed by atoms with E-state index >= 15 is 0 Å². The van der Waals surface area contributed by atoms with E-state index in [1.165, 1.54) is 13.3 Å². The maximum Gasteiger partial charge on any atom is 0.254 e. The van der Waals surface area contributed by atoms with Crippen LogP contribution >= 0.6 is 39.1 Å². The number of carbonyl (C=O) groups excluding carboxylic acids is 2. The van der Waals surface area contributed by atoms with Crippen molar-refractivity contribution >= 4 is 57.2 Å². The molecule has 2 aromatic carbocycles. The van der Waals surface area contributed by atoms with Gasteiger partial charge in [0.1, 0.15) is 6.61 Å². The molecule has 6 nitrogen and oxygen atoms in total. The molecule has 0 aromatic heterocycles. The van der Waals surface area contributed by atoms with Crippen LogP contribution in [0.4, 0.5) is 0 Å². The summed E-state index contributed by atoms with van der Waals surface area (Å²) < 4.78 is 12.1. The lowest BCUT2D eigenvalue weighted by molar-refractivity contribution is -0.141. The Morgan fingerprint density at radius 1 is 1.11 bits per heavy atom. The third-order valence-electron chi connectivity index (χ3n) is 7.79. The number of nitrogens with zero attached hydrogens (tertiary/aromatic N) is 2. The second-order valence-corrected chi connectivity index (χ2v) is 11.2. The van der Waals surface area contributed by atoms with E-state index < -0.39 is 0 Å². The predicted molar refractivity (Wildman–Crippen MR) is 136 cm³/mol. The average Bonchev–Trinajstić information content (AvgIpc) is 3.43. The summed E-state index contributed by atoms with van der Waals surface area (Å²) in [7, 11) is 1.54. The number of allylic oxidation sites excluding steroid dienone is 2. The number of ether oxygens (including phenoxy) is 2. The van der Waals surface area contributed by atoms with E-state index in [1.54, 1.807) is 30.3 Å². The molecule has 2 saturated carbocycles. The van der Waals surface area contributed by atoms with E-state index in [9.17, 15) is 9.59 Å². The van der Waals surface area contributed by atoms with Crippen molar-refractivity contribution in [1.29, 1.82) is 0 Å². The van der Waals surface area contributed by atoms with Crippen LogP contribution in [0.5, 0.6) is 11.5 Å². The first-order valence-corrected chi connectivity index (χ1v) is 12.9. The van der Waals surface area contributed by atoms with Crippen molar-refractivity contribution < 1.29 is 19.1 Å². The van der Waals surface area contributed by atoms with E-state index in [4.69, 9.17) is 32.7 Å². The highest BCUT2D eigenvalue weighted by Crippen LogP contribution is 2.73. The van der Waals surface area contributed by atoms with Gasteiger partial charge in [-0.25, -0.2) is 0 Å². The Hall–Kier alpha value is -2.35. The molecule has 180 valence electrons. The van der Waals surface area contributed by atoms with Gasteiger partial charge in [0.05, 0.1) is 29.6 Å². The minimum atomic E-state index is -0.270. The van der Waals surface area contributed by atoms with Crippen LogP contribution in [0.2, 0.25) is 10.0 Å². The highest BCUT2D eigenvalue weighted by molar-refractivity contribution is 9.10. The van der Waals surface area contributed by atoms with Crippen LogP contribution in [-0.4, -0.2) is 30.1 Å². The summed E-state index contributed by atoms with van der Waals surface area (Å²) in [6.07, 6.45) is 8.02. The van der Waals surface area contributed by atoms with Crippen LogP contribution in [0, 0.1) is 29.1 Å². The molecule has 3 aliphatic carbocycles. The van der Waals surface area contributed by atoms with E-state index in [0.717, 1.165) is 23.4 Å². The smallest absolute Gasteiger partial charge is 0.254 e. The van der Waals surface area contributed by atoms with Gasteiger partial charge < -0.3 is 9.47 Å². The van der Waals surface area contributed by atoms with Crippen LogP contribution in [0.3, 0.4) is 0 Å². The number of imide groups is 1. The van der Waals surface area contributed by atoms with Gasteiger partial charge in [-0.1, -0.05) is 41.4 Å². The highest BCUT2D eigenvalue weighted by atomic mass is 79.9. The molecule has 1 heterocycles. The fraction of sp³-hybridized carbons (Fsp3) is 0.346. The summed E-state index contributed by atoms with van der Waals surface area (Å²) in [6.45, 7) is 0.218. The first kappa shape index (κ1) is 23.1. The summed E-state index contributed by atoms with van der Waals surface area (Å²) in [5.74, 6) is 0.400. The molecule has 6 rings (SSSR count). The summed E-state index contributed by atoms with van der Waals surface area (Å²) in [5.41, 5.74) is 1.60. The van der Waals surface area contributed by atoms with Crippen molar-refractivity contribution in [2.75, 3.05) is 7.11 Å². The van der Waals surface area contributed by atoms with Gasteiger partial charge in [-0.2, -0.15) is 10.1 Å². The van der Waals surface area contributed by atoms with Gasteiger partial charge in [-0.15, -0.1) is 0 Å². The Kier molecular flexibility index (Phi) is 5.51. The second kappa shape index (κ2) is 8.36. The number of carbonyl (C=O) groups is 2. The molecule has 3 fully saturated rings. The number of halogens is 3. The highest BCUT2D eigenvalue weighted by Gasteiger charge is 2.73. The zero-order valence-corrected chi connectivity index (χ0v) is 21.8. The van der Waals surface area contributed by atoms with Gasteiger partial charge in [0.2, 0.25) is 0 Å². The normalized spacial score (nSPS) is 27.4. The van der Waals surface area contributed by atoms with E-state index in [2.05, 4.69) is 33.2 Å². The Morgan fingerprint density at radius 3 is 2.40 bits per heavy atom. The molecule has 0 unspecified atom stereocenters. The van der Waals surface area contributed by atoms with Gasteiger partial charge >= 0.3 is 0 Å². The molecule has 2 amide bonds. The van der Waals surface area contributed by atoms with Gasteiger partial charge in [0.25, 0.3) is 11.8 Å². The molecular formula is C26H21BrCl2N2O4. The number of hydrogen-bond donors (Lipinski definition) is 0. The third-order valence-corrected chi connectivity index (χ3v) is 8.97. The standard InChI is InChI=1S/C26H21BrCl2N2O4/c1-34-20-9-13(8-18(27)23(20)35-12-14-2-3-15(28)10-19(14)29)11-30-31-24(32)21-16-4-5-17(22(21)25(31)33)26(16)6-7-26/h2-5,8-11,16-17,21-22H,6-7,12H2,1H3/b30-11-/t16-,17-,21-,22-/m1/s1. The Balaban J connectivity index is 1.20. The summed E-state index contributed by atoms with van der Waals surface area (Å²) in [6, 6.07) is 8.75. The van der Waals surface area contributed by atoms with E-state index in [1.807, 2.05) is 0 Å². The lowest BCUT2D eigenvalue weighted by atomic mass is 9.85. The zero-order chi connectivity index (χ0) is 24.5. The van der Waals surface area contributed by atoms with E-state index in [0.29, 0.717) is 31.6 Å². The minimum Gasteiger partial charge on any atom is -0.493 e. The van der Waals surface area contributed by atoms with Crippen LogP contribution in [0.15, 0.2) is 52.1 Å². The van der Waals surface area contributed by atoms with Crippen molar-refractivity contribution in [2.45, 2.75) is 19.4 Å². The van der Waals surface area contributed by atoms with Crippen LogP contribution < -0.4 is 9.47 Å². The lowest BCUT2D eigenvalue weighted by Crippen LogP contribution is -2.30. The predicted octanol–water partition coefficient (Wildman–Crippen LogP) is 5.87. The number of fused-ring (bicyclic) bond motifs is 3. The maximum atomic E-state index is 13.1. The molecule has 4 atom stereocenters. The summed E-state index contributed by atoms with van der Waals surface area (Å²) in [5, 5.41) is 6.42. The van der Waals surface area contributed by atoms with Crippen molar-refractivity contribution in [2.24, 2.45) is 34.2 Å². The van der Waals surface area contributed by atoms with Crippen molar-refractivity contribution in [1.82, 2.24) is 5.01 Å². The zero-order valence-electron chi connectivity index (χ0n) is 18.7. The summed E-state index contributed by atoms with van der Waals surface area (Å²) in [4.78, 5) is 26.2. The fourth-order valence-corrected chi connectivity index (χ4v) is 7.08. The number of hydrazone groups is 1. The summed E-state index contributed by atoms with van der Waals surface area (Å²) >= 11 is 15.7. The average molecular weight is 576 g/mol. The second-order valence-electron chi connectivity index (χ2n) is 9.51. The molecule has 1 spiro atoms. The monoisotopic (exact) mass is 574 g/mol. The van der Waals surface area contributed by atoms with Crippen molar-refractivity contribution in [3.8, 4) is 11.5 Å². The van der Waals surface area contributed by atoms with Gasteiger partial charge in [-0.05, 0) is 75.9 Å². The SMILES string of the molecule is COc1cc(/C=N\N2C(=O)[C@H]3[C@H](C2=O)[C@H]2C=C[C@H]3C23CC3)cc(Br)c1OCc1ccc(Cl)cc1Cl. The molecule has 4 aliphatic rings. The minimum absolute atomic E-state index is 0.167. The fourth-order valence-electron chi connectivity index (χ4n) is 6.04. The molecule has 0 radical (unpaired) electrons. The van der Waals surface area contributed by atoms with Crippen molar-refractivity contribution in [3.05, 3.63) is 68.1 Å². The molecule has 0 N–H and O–H groups in total. The molecular weight excluding hydrogens is 555 g/mol. The Morgan fingerprint density at radius 2 is 1.80 bits per heavy atom. The number of methoxy groups -OCH3 is 1. The first-order valence-electron chi connectivity index (χ1n) is 11.4. The molecule has 35 heavy (non-hydrogen) atoms. The molecule has 2 bridgehead atoms. The number of hydrogen-bond acceptors (Lipinski definition) is 5. The first-order chi connectivity index (χ1) is 16.8. The lowest BCUT2D eigenvalue weighted by Gasteiger charge is -2.18. The molecule has 1 saturated heterocycles. The van der Waals surface area contributed by atoms with Gasteiger partial charge in [0, 0.05) is 15.6 Å². The van der Waals surface area contributed by atoms with Crippen LogP contribution in [0.1, 0.15) is 24.0 Å².